The molecule has 22 N–H and O–H groups in total. The Balaban J connectivity index is 1.79. The van der Waals surface area contributed by atoms with Crippen molar-refractivity contribution in [2.24, 2.45) is 0 Å². The third-order valence-corrected chi connectivity index (χ3v) is 12.7. The van der Waals surface area contributed by atoms with Gasteiger partial charge in [0.05, 0.1) is 63.9 Å². The van der Waals surface area contributed by atoms with Gasteiger partial charge in [-0.15, -0.1) is 0 Å². The first-order chi connectivity index (χ1) is 34.6. The van der Waals surface area contributed by atoms with Gasteiger partial charge in [0.15, 0.2) is 12.6 Å². The molecule has 0 unspecified atom stereocenters. The standard InChI is InChI=1S/C40H68N2O32/c1-11(48)41-21-13(50)3-39(37(63)64,72-32(21)24(56)16(53)6-44)71-19(9-47)26(58)33-22(42-12(2)49)14(51)4-40(73-33,38(65)66)74-34-27(59)20(10-67-35-29(61)28(60)25(57)18(8-46)68-35)69-36(30(34)62)70-31(17(54)7-45)23(55)15(52)5-43/h13-36,43-47,50-62H,3-10H2,1-2H3,(H,41,48)(H,42,49)(H,63,64)(H,65,66)/t13-,14-,15-,16+,17+,18+,19+,20+,21+,22+,23+,24+,25-,26+,27-,28-,29+,30+,31+,32+,33+,34-,35+,36-,39+,40-/m0/s1. The molecule has 4 rings (SSSR count). The molecule has 430 valence electrons. The first-order valence-corrected chi connectivity index (χ1v) is 22.8. The number of aliphatic hydroxyl groups is 18. The van der Waals surface area contributed by atoms with Gasteiger partial charge in [0.2, 0.25) is 11.8 Å². The molecule has 4 aliphatic heterocycles. The number of carbonyl (C=O) groups excluding carboxylic acids is 2. The van der Waals surface area contributed by atoms with Crippen LogP contribution < -0.4 is 10.6 Å². The molecule has 4 fully saturated rings. The first-order valence-electron chi connectivity index (χ1n) is 22.8. The smallest absolute Gasteiger partial charge is 0.364 e. The van der Waals surface area contributed by atoms with Gasteiger partial charge in [0.1, 0.15) is 110 Å². The second kappa shape index (κ2) is 26.9. The number of nitrogens with one attached hydrogen (secondary N) is 2. The lowest BCUT2D eigenvalue weighted by atomic mass is 9.87. The third-order valence-electron chi connectivity index (χ3n) is 12.7. The quantitative estimate of drug-likeness (QED) is 0.0404. The van der Waals surface area contributed by atoms with Gasteiger partial charge in [-0.1, -0.05) is 0 Å². The van der Waals surface area contributed by atoms with Crippen LogP contribution in [0.5, 0.6) is 0 Å². The summed E-state index contributed by atoms with van der Waals surface area (Å²) in [7, 11) is 0. The summed E-state index contributed by atoms with van der Waals surface area (Å²) >= 11 is 0. The molecule has 0 aliphatic carbocycles. The van der Waals surface area contributed by atoms with Gasteiger partial charge >= 0.3 is 11.9 Å². The van der Waals surface area contributed by atoms with E-state index in [1.165, 1.54) is 0 Å². The topological polar surface area (TPSA) is 571 Å². The molecule has 74 heavy (non-hydrogen) atoms. The van der Waals surface area contributed by atoms with Crippen molar-refractivity contribution in [2.45, 2.75) is 185 Å². The van der Waals surface area contributed by atoms with E-state index in [0.717, 1.165) is 13.8 Å². The average molecular weight is 1090 g/mol. The van der Waals surface area contributed by atoms with Crippen molar-refractivity contribution >= 4 is 23.8 Å². The summed E-state index contributed by atoms with van der Waals surface area (Å²) in [6.45, 7) is -5.32. The van der Waals surface area contributed by atoms with E-state index >= 15 is 0 Å². The molecule has 4 saturated heterocycles. The predicted molar refractivity (Wildman–Crippen MR) is 226 cm³/mol. The van der Waals surface area contributed by atoms with E-state index in [2.05, 4.69) is 10.6 Å². The van der Waals surface area contributed by atoms with Gasteiger partial charge in [-0.3, -0.25) is 9.59 Å². The first kappa shape index (κ1) is 63.4. The maximum absolute atomic E-state index is 13.4. The van der Waals surface area contributed by atoms with Crippen molar-refractivity contribution in [3.8, 4) is 0 Å². The van der Waals surface area contributed by atoms with E-state index in [-0.39, 0.29) is 0 Å². The van der Waals surface area contributed by atoms with Gasteiger partial charge in [-0.25, -0.2) is 9.59 Å². The third kappa shape index (κ3) is 14.1. The lowest BCUT2D eigenvalue weighted by Crippen LogP contribution is -2.71. The largest absolute Gasteiger partial charge is 0.477 e. The zero-order valence-corrected chi connectivity index (χ0v) is 39.4. The summed E-state index contributed by atoms with van der Waals surface area (Å²) < 4.78 is 44.6. The normalized spacial score (nSPS) is 40.1. The molecule has 0 radical (unpaired) electrons. The zero-order valence-electron chi connectivity index (χ0n) is 39.4. The van der Waals surface area contributed by atoms with Crippen LogP contribution in [-0.4, -0.2) is 324 Å². The summed E-state index contributed by atoms with van der Waals surface area (Å²) in [6, 6.07) is -3.72. The highest BCUT2D eigenvalue weighted by atomic mass is 16.8. The van der Waals surface area contributed by atoms with Gasteiger partial charge in [0, 0.05) is 26.7 Å². The van der Waals surface area contributed by atoms with Crippen molar-refractivity contribution in [1.82, 2.24) is 10.6 Å². The highest BCUT2D eigenvalue weighted by Gasteiger charge is 2.62. The molecule has 34 heteroatoms. The van der Waals surface area contributed by atoms with Crippen LogP contribution in [0.2, 0.25) is 0 Å². The van der Waals surface area contributed by atoms with Crippen molar-refractivity contribution < 1.29 is 159 Å². The summed E-state index contributed by atoms with van der Waals surface area (Å²) in [6.07, 6.45) is -51.5. The number of hydrogen-bond acceptors (Lipinski definition) is 30. The van der Waals surface area contributed by atoms with Gasteiger partial charge in [-0.2, -0.15) is 0 Å². The highest BCUT2D eigenvalue weighted by molar-refractivity contribution is 5.77. The fourth-order valence-corrected chi connectivity index (χ4v) is 8.73. The van der Waals surface area contributed by atoms with Crippen LogP contribution >= 0.6 is 0 Å². The zero-order chi connectivity index (χ0) is 55.9. The van der Waals surface area contributed by atoms with Crippen molar-refractivity contribution in [3.05, 3.63) is 0 Å². The Morgan fingerprint density at radius 1 is 0.595 bits per heavy atom. The minimum Gasteiger partial charge on any atom is -0.477 e. The molecule has 0 bridgehead atoms. The van der Waals surface area contributed by atoms with Crippen LogP contribution in [0.4, 0.5) is 0 Å². The van der Waals surface area contributed by atoms with E-state index in [1.807, 2.05) is 0 Å². The van der Waals surface area contributed by atoms with E-state index < -0.39 is 235 Å². The number of amides is 2. The molecule has 0 aromatic rings. The van der Waals surface area contributed by atoms with Gasteiger partial charge < -0.3 is 151 Å². The fraction of sp³-hybridized carbons (Fsp3) is 0.900. The van der Waals surface area contributed by atoms with E-state index in [4.69, 9.17) is 37.9 Å². The second-order valence-electron chi connectivity index (χ2n) is 18.1. The highest BCUT2D eigenvalue weighted by Crippen LogP contribution is 2.40. The molecule has 2 amide bonds. The molecule has 0 aromatic carbocycles. The Hall–Kier alpha value is -3.16. The number of rotatable bonds is 25. The van der Waals surface area contributed by atoms with Crippen LogP contribution in [0.3, 0.4) is 0 Å². The number of carboxylic acid groups (broad SMARTS) is 2. The summed E-state index contributed by atoms with van der Waals surface area (Å²) in [5, 5.41) is 216. The Labute approximate surface area is 417 Å². The Kier molecular flexibility index (Phi) is 23.1. The molecule has 0 saturated carbocycles. The maximum atomic E-state index is 13.4. The lowest BCUT2D eigenvalue weighted by molar-refractivity contribution is -0.384. The Morgan fingerprint density at radius 3 is 1.58 bits per heavy atom. The minimum atomic E-state index is -3.50. The number of aliphatic carboxylic acids is 2. The Morgan fingerprint density at radius 2 is 1.09 bits per heavy atom. The van der Waals surface area contributed by atoms with Gasteiger partial charge in [0.25, 0.3) is 11.6 Å². The van der Waals surface area contributed by atoms with Crippen molar-refractivity contribution in [2.75, 3.05) is 39.6 Å². The van der Waals surface area contributed by atoms with Crippen LogP contribution in [0, 0.1) is 0 Å². The van der Waals surface area contributed by atoms with E-state index in [0.29, 0.717) is 0 Å². The van der Waals surface area contributed by atoms with Crippen LogP contribution in [0.1, 0.15) is 26.7 Å². The maximum Gasteiger partial charge on any atom is 0.364 e. The molecular formula is C40H68N2O32. The fourth-order valence-electron chi connectivity index (χ4n) is 8.73. The monoisotopic (exact) mass is 1090 g/mol. The van der Waals surface area contributed by atoms with E-state index in [9.17, 15) is 121 Å². The van der Waals surface area contributed by atoms with Crippen LogP contribution in [0.15, 0.2) is 0 Å². The predicted octanol–water partition coefficient (Wildman–Crippen LogP) is -13.6. The van der Waals surface area contributed by atoms with Crippen molar-refractivity contribution in [3.63, 3.8) is 0 Å². The molecule has 0 spiro atoms. The SMILES string of the molecule is CC(=O)N[C@H]1[C@H]([C@H](O)[C@H](O)CO)O[C@@](O[C@H](CO)[C@@H](O)[C@@H]2O[C@@](O[C@H]3[C@@H](O)[C@@H](CO[C@@H]4O[C@H](CO)[C@H](O)[C@H](O)[C@H]4O)O[C@@H](O[C@@H]([C@H](O)[C@@H](O)CO)[C@H](O)CO)[C@@H]3O)(C(=O)O)C[C@H](O)[C@H]2NC(C)=O)(C(=O)O)C[C@@H]1O. The molecule has 4 heterocycles. The number of aliphatic hydroxyl groups excluding tert-OH is 18. The molecule has 4 aliphatic rings. The minimum absolute atomic E-state index is 0.871. The van der Waals surface area contributed by atoms with E-state index in [1.54, 1.807) is 0 Å². The number of hydrogen-bond donors (Lipinski definition) is 22. The lowest BCUT2D eigenvalue weighted by Gasteiger charge is -2.51. The van der Waals surface area contributed by atoms with Crippen LogP contribution in [-0.2, 0) is 57.1 Å². The van der Waals surface area contributed by atoms with Crippen LogP contribution in [0.25, 0.3) is 0 Å². The molecule has 34 nitrogen and oxygen atoms in total. The number of carboxylic acids is 2. The molecule has 26 atom stereocenters. The van der Waals surface area contributed by atoms with Gasteiger partial charge in [-0.05, 0) is 0 Å². The average Bonchev–Trinajstić information content (AvgIpc) is 3.35. The summed E-state index contributed by atoms with van der Waals surface area (Å²) in [5.41, 5.74) is 0. The number of carbonyl (C=O) groups is 4. The molecular weight excluding hydrogens is 1020 g/mol. The Bertz CT molecular complexity index is 1820. The number of ether oxygens (including phenoxy) is 8. The summed E-state index contributed by atoms with van der Waals surface area (Å²) in [4.78, 5) is 51.0. The second-order valence-corrected chi connectivity index (χ2v) is 18.1. The molecule has 0 aromatic heterocycles. The summed E-state index contributed by atoms with van der Waals surface area (Å²) in [5.74, 6) is -13.1. The van der Waals surface area contributed by atoms with Crippen molar-refractivity contribution in [1.29, 1.82) is 0 Å².